The normalized spacial score (nSPS) is 13.4. The van der Waals surface area contributed by atoms with E-state index in [2.05, 4.69) is 45.0 Å². The maximum atomic E-state index is 3.39. The maximum absolute atomic E-state index is 3.39. The Labute approximate surface area is 78.8 Å². The Kier molecular flexibility index (Phi) is 5.33. The molecule has 1 atom stereocenters. The van der Waals surface area contributed by atoms with Crippen LogP contribution < -0.4 is 0 Å². The lowest BCUT2D eigenvalue weighted by molar-refractivity contribution is 0.525. The number of hydrogen-bond donors (Lipinski definition) is 0. The molecule has 0 nitrogen and oxygen atoms in total. The van der Waals surface area contributed by atoms with Crippen LogP contribution in [0.5, 0.6) is 0 Å². The summed E-state index contributed by atoms with van der Waals surface area (Å²) in [6, 6.07) is 0. The summed E-state index contributed by atoms with van der Waals surface area (Å²) in [5.74, 6) is 4.15. The van der Waals surface area contributed by atoms with Crippen molar-refractivity contribution < 1.29 is 0 Å². The Morgan fingerprint density at radius 3 is 2.25 bits per heavy atom. The molecule has 0 unspecified atom stereocenters. The van der Waals surface area contributed by atoms with Crippen molar-refractivity contribution in [2.75, 3.05) is 0 Å². The van der Waals surface area contributed by atoms with Crippen LogP contribution in [0.3, 0.4) is 0 Å². The van der Waals surface area contributed by atoms with E-state index in [1.54, 1.807) is 0 Å². The van der Waals surface area contributed by atoms with E-state index in [-0.39, 0.29) is 0 Å². The molecule has 0 aromatic carbocycles. The van der Waals surface area contributed by atoms with Gasteiger partial charge in [0.15, 0.2) is 0 Å². The molecule has 0 heterocycles. The van der Waals surface area contributed by atoms with Crippen molar-refractivity contribution >= 4 is 8.07 Å². The van der Waals surface area contributed by atoms with Crippen LogP contribution >= 0.6 is 0 Å². The Hall–Kier alpha value is -0.223. The van der Waals surface area contributed by atoms with Crippen LogP contribution in [0.15, 0.2) is 0 Å². The third-order valence-corrected chi connectivity index (χ3v) is 2.85. The summed E-state index contributed by atoms with van der Waals surface area (Å²) in [5, 5.41) is 0. The Bertz CT molecular complexity index is 166. The lowest BCUT2D eigenvalue weighted by atomic mass is 10.0. The second-order valence-electron chi connectivity index (χ2n) is 4.60. The second kappa shape index (κ2) is 5.43. The Morgan fingerprint density at radius 1 is 1.25 bits per heavy atom. The van der Waals surface area contributed by atoms with Gasteiger partial charge < -0.3 is 0 Å². The topological polar surface area (TPSA) is 0 Å². The summed E-state index contributed by atoms with van der Waals surface area (Å²) in [6.45, 7) is 11.4. The van der Waals surface area contributed by atoms with Crippen molar-refractivity contribution in [3.05, 3.63) is 0 Å². The van der Waals surface area contributed by atoms with Gasteiger partial charge in [-0.25, -0.2) is 0 Å². The van der Waals surface area contributed by atoms with E-state index < -0.39 is 8.07 Å². The second-order valence-corrected chi connectivity index (χ2v) is 9.35. The molecule has 0 fully saturated rings. The van der Waals surface area contributed by atoms with Gasteiger partial charge in [0.2, 0.25) is 0 Å². The first-order valence-electron chi connectivity index (χ1n) is 4.95. The Balaban J connectivity index is 3.60. The standard InChI is InChI=1S/C11H22Si/c1-6-11(2)9-7-8-10-12(3,4)5/h11H,6-7,9H2,1-5H3/t11-/m1/s1. The highest BCUT2D eigenvalue weighted by Crippen LogP contribution is 2.08. The molecular weight excluding hydrogens is 160 g/mol. The smallest absolute Gasteiger partial charge is 0.129 e. The van der Waals surface area contributed by atoms with Crippen LogP contribution in [0.4, 0.5) is 0 Å². The summed E-state index contributed by atoms with van der Waals surface area (Å²) in [5.41, 5.74) is 3.39. The summed E-state index contributed by atoms with van der Waals surface area (Å²) in [6.07, 6.45) is 3.65. The zero-order valence-corrected chi connectivity index (χ0v) is 10.2. The molecule has 0 aliphatic carbocycles. The van der Waals surface area contributed by atoms with E-state index in [0.29, 0.717) is 0 Å². The van der Waals surface area contributed by atoms with Crippen molar-refractivity contribution in [2.45, 2.75) is 52.8 Å². The summed E-state index contributed by atoms with van der Waals surface area (Å²) in [7, 11) is -1.10. The molecule has 12 heavy (non-hydrogen) atoms. The first kappa shape index (κ1) is 11.8. The monoisotopic (exact) mass is 182 g/mol. The summed E-state index contributed by atoms with van der Waals surface area (Å²) >= 11 is 0. The highest BCUT2D eigenvalue weighted by molar-refractivity contribution is 6.83. The van der Waals surface area contributed by atoms with Crippen molar-refractivity contribution in [2.24, 2.45) is 5.92 Å². The van der Waals surface area contributed by atoms with Crippen LogP contribution in [0, 0.1) is 17.4 Å². The molecule has 0 saturated carbocycles. The number of hydrogen-bond acceptors (Lipinski definition) is 0. The van der Waals surface area contributed by atoms with Gasteiger partial charge in [-0.05, 0) is 12.3 Å². The summed E-state index contributed by atoms with van der Waals surface area (Å²) in [4.78, 5) is 0. The molecule has 0 aromatic heterocycles. The third-order valence-electron chi connectivity index (χ3n) is 1.92. The van der Waals surface area contributed by atoms with Crippen LogP contribution in [0.25, 0.3) is 0 Å². The largest absolute Gasteiger partial charge is 0.132 e. The zero-order chi connectivity index (χ0) is 9.61. The molecule has 0 rings (SSSR count). The van der Waals surface area contributed by atoms with Gasteiger partial charge in [0.05, 0.1) is 0 Å². The molecule has 0 aliphatic heterocycles. The van der Waals surface area contributed by atoms with E-state index >= 15 is 0 Å². The maximum Gasteiger partial charge on any atom is 0.129 e. The first-order chi connectivity index (χ1) is 5.45. The molecule has 1 heteroatoms. The van der Waals surface area contributed by atoms with Gasteiger partial charge in [-0.15, -0.1) is 11.5 Å². The van der Waals surface area contributed by atoms with Gasteiger partial charge in [0.25, 0.3) is 0 Å². The molecule has 0 amide bonds. The predicted octanol–water partition coefficient (Wildman–Crippen LogP) is 3.69. The average Bonchev–Trinajstić information content (AvgIpc) is 1.96. The van der Waals surface area contributed by atoms with Gasteiger partial charge in [-0.1, -0.05) is 39.9 Å². The van der Waals surface area contributed by atoms with Gasteiger partial charge in [0.1, 0.15) is 8.07 Å². The van der Waals surface area contributed by atoms with E-state index in [1.807, 2.05) is 0 Å². The average molecular weight is 182 g/mol. The SMILES string of the molecule is CC[C@@H](C)CCC#C[Si](C)(C)C. The van der Waals surface area contributed by atoms with E-state index in [4.69, 9.17) is 0 Å². The fourth-order valence-corrected chi connectivity index (χ4v) is 1.51. The van der Waals surface area contributed by atoms with Crippen molar-refractivity contribution in [3.8, 4) is 11.5 Å². The molecule has 0 N–H and O–H groups in total. The molecule has 0 aliphatic rings. The fraction of sp³-hybridized carbons (Fsp3) is 0.818. The highest BCUT2D eigenvalue weighted by atomic mass is 28.3. The fourth-order valence-electron chi connectivity index (χ4n) is 0.850. The van der Waals surface area contributed by atoms with E-state index in [1.165, 1.54) is 12.8 Å². The number of rotatable bonds is 3. The van der Waals surface area contributed by atoms with Gasteiger partial charge in [-0.3, -0.25) is 0 Å². The third kappa shape index (κ3) is 7.88. The Morgan fingerprint density at radius 2 is 1.83 bits per heavy atom. The van der Waals surface area contributed by atoms with Crippen molar-refractivity contribution in [3.63, 3.8) is 0 Å². The first-order valence-corrected chi connectivity index (χ1v) is 8.45. The molecule has 0 aromatic rings. The molecule has 0 spiro atoms. The summed E-state index contributed by atoms with van der Waals surface area (Å²) < 4.78 is 0. The van der Waals surface area contributed by atoms with Crippen molar-refractivity contribution in [1.82, 2.24) is 0 Å². The van der Waals surface area contributed by atoms with Gasteiger partial charge >= 0.3 is 0 Å². The van der Waals surface area contributed by atoms with Crippen LogP contribution in [0.2, 0.25) is 19.6 Å². The lowest BCUT2D eigenvalue weighted by Crippen LogP contribution is -2.16. The van der Waals surface area contributed by atoms with Crippen LogP contribution in [-0.4, -0.2) is 8.07 Å². The quantitative estimate of drug-likeness (QED) is 0.461. The van der Waals surface area contributed by atoms with Crippen molar-refractivity contribution in [1.29, 1.82) is 0 Å². The zero-order valence-electron chi connectivity index (χ0n) is 9.20. The minimum Gasteiger partial charge on any atom is -0.132 e. The molecule has 0 radical (unpaired) electrons. The highest BCUT2D eigenvalue weighted by Gasteiger charge is 2.06. The van der Waals surface area contributed by atoms with E-state index in [9.17, 15) is 0 Å². The van der Waals surface area contributed by atoms with Gasteiger partial charge in [-0.2, -0.15) is 0 Å². The van der Waals surface area contributed by atoms with Crippen LogP contribution in [0.1, 0.15) is 33.1 Å². The van der Waals surface area contributed by atoms with Crippen LogP contribution in [-0.2, 0) is 0 Å². The molecule has 0 bridgehead atoms. The molecule has 0 saturated heterocycles. The van der Waals surface area contributed by atoms with Gasteiger partial charge in [0, 0.05) is 6.42 Å². The minimum atomic E-state index is -1.10. The minimum absolute atomic E-state index is 0.848. The predicted molar refractivity (Wildman–Crippen MR) is 59.8 cm³/mol. The molecule has 70 valence electrons. The van der Waals surface area contributed by atoms with E-state index in [0.717, 1.165) is 12.3 Å². The molecular formula is C11H22Si. The lowest BCUT2D eigenvalue weighted by Gasteiger charge is -2.05.